The number of nitrogens with zero attached hydrogens (tertiary/aromatic N) is 3. The molecule has 0 saturated heterocycles. The Morgan fingerprint density at radius 1 is 1.03 bits per heavy atom. The molecular weight excluding hydrogens is 388 g/mol. The summed E-state index contributed by atoms with van der Waals surface area (Å²) >= 11 is 0. The maximum Gasteiger partial charge on any atom is 0.257 e. The molecule has 2 heterocycles. The van der Waals surface area contributed by atoms with Crippen molar-refractivity contribution >= 4 is 0 Å². The third kappa shape index (κ3) is 4.02. The van der Waals surface area contributed by atoms with Gasteiger partial charge in [-0.3, -0.25) is 0 Å². The first-order chi connectivity index (χ1) is 14.5. The number of aromatic hydroxyl groups is 2. The van der Waals surface area contributed by atoms with Gasteiger partial charge >= 0.3 is 0 Å². The summed E-state index contributed by atoms with van der Waals surface area (Å²) in [4.78, 5) is 4.37. The predicted molar refractivity (Wildman–Crippen MR) is 111 cm³/mol. The summed E-state index contributed by atoms with van der Waals surface area (Å²) in [6.45, 7) is 2.41. The van der Waals surface area contributed by atoms with Crippen LogP contribution in [0.15, 0.2) is 22.6 Å². The van der Waals surface area contributed by atoms with E-state index in [4.69, 9.17) is 13.9 Å². The molecule has 0 unspecified atom stereocenters. The van der Waals surface area contributed by atoms with Gasteiger partial charge in [0, 0.05) is 0 Å². The van der Waals surface area contributed by atoms with Crippen molar-refractivity contribution in [3.63, 3.8) is 0 Å². The summed E-state index contributed by atoms with van der Waals surface area (Å²) in [5.74, 6) is 0.689. The Morgan fingerprint density at radius 2 is 1.73 bits per heavy atom. The van der Waals surface area contributed by atoms with Crippen molar-refractivity contribution in [3.8, 4) is 45.7 Å². The number of methoxy groups -OCH3 is 2. The minimum absolute atomic E-state index is 0.0279. The van der Waals surface area contributed by atoms with Gasteiger partial charge in [0.1, 0.15) is 22.8 Å². The molecule has 2 aromatic heterocycles. The molecule has 0 spiro atoms. The molecule has 0 atom stereocenters. The largest absolute Gasteiger partial charge is 0.506 e. The van der Waals surface area contributed by atoms with Crippen LogP contribution in [0.1, 0.15) is 31.4 Å². The van der Waals surface area contributed by atoms with E-state index in [0.29, 0.717) is 47.2 Å². The molecule has 0 saturated carbocycles. The van der Waals surface area contributed by atoms with Crippen molar-refractivity contribution in [2.75, 3.05) is 21.3 Å². The lowest BCUT2D eigenvalue weighted by molar-refractivity contribution is 0.395. The lowest BCUT2D eigenvalue weighted by atomic mass is 9.95. The summed E-state index contributed by atoms with van der Waals surface area (Å²) in [7, 11) is 4.82. The van der Waals surface area contributed by atoms with Crippen molar-refractivity contribution in [1.29, 1.82) is 0 Å². The summed E-state index contributed by atoms with van der Waals surface area (Å²) < 4.78 is 16.6. The predicted octanol–water partition coefficient (Wildman–Crippen LogP) is 3.29. The molecule has 1 aromatic carbocycles. The van der Waals surface area contributed by atoms with E-state index in [2.05, 4.69) is 27.4 Å². The number of benzene rings is 1. The molecule has 0 aliphatic carbocycles. The Bertz CT molecular complexity index is 997. The van der Waals surface area contributed by atoms with Gasteiger partial charge in [-0.25, -0.2) is 4.98 Å². The van der Waals surface area contributed by atoms with Crippen molar-refractivity contribution < 1.29 is 24.1 Å². The Morgan fingerprint density at radius 3 is 2.33 bits per heavy atom. The van der Waals surface area contributed by atoms with Gasteiger partial charge in [0.2, 0.25) is 11.8 Å². The number of aromatic nitrogens is 3. The number of nitrogens with one attached hydrogen (secondary N) is 1. The Kier molecular flexibility index (Phi) is 6.73. The highest BCUT2D eigenvalue weighted by atomic mass is 16.5. The molecular formula is C21H26N4O5. The van der Waals surface area contributed by atoms with Gasteiger partial charge in [0.05, 0.1) is 37.6 Å². The highest BCUT2D eigenvalue weighted by Crippen LogP contribution is 2.49. The molecule has 3 N–H and O–H groups in total. The highest BCUT2D eigenvalue weighted by Gasteiger charge is 2.28. The van der Waals surface area contributed by atoms with Crippen LogP contribution in [-0.4, -0.2) is 46.7 Å². The van der Waals surface area contributed by atoms with Gasteiger partial charge in [-0.15, -0.1) is 10.2 Å². The normalized spacial score (nSPS) is 10.9. The van der Waals surface area contributed by atoms with Crippen molar-refractivity contribution in [2.45, 2.75) is 32.7 Å². The lowest BCUT2D eigenvalue weighted by Crippen LogP contribution is -2.04. The molecule has 0 fully saturated rings. The molecule has 160 valence electrons. The van der Waals surface area contributed by atoms with Crippen molar-refractivity contribution in [3.05, 3.63) is 29.8 Å². The van der Waals surface area contributed by atoms with Gasteiger partial charge in [0.15, 0.2) is 0 Å². The molecule has 3 aromatic rings. The van der Waals surface area contributed by atoms with Crippen LogP contribution in [0.5, 0.6) is 23.1 Å². The fourth-order valence-corrected chi connectivity index (χ4v) is 3.27. The van der Waals surface area contributed by atoms with Gasteiger partial charge < -0.3 is 29.4 Å². The number of hydrogen-bond acceptors (Lipinski definition) is 9. The third-order valence-electron chi connectivity index (χ3n) is 4.68. The zero-order valence-corrected chi connectivity index (χ0v) is 17.5. The topological polar surface area (TPSA) is 123 Å². The van der Waals surface area contributed by atoms with Crippen LogP contribution < -0.4 is 14.8 Å². The second-order valence-corrected chi connectivity index (χ2v) is 6.65. The van der Waals surface area contributed by atoms with Crippen LogP contribution in [0, 0.1) is 0 Å². The first-order valence-electron chi connectivity index (χ1n) is 9.69. The highest BCUT2D eigenvalue weighted by molar-refractivity contribution is 5.88. The number of unbranched alkanes of at least 4 members (excludes halogenated alkanes) is 1. The fourth-order valence-electron chi connectivity index (χ4n) is 3.27. The minimum Gasteiger partial charge on any atom is -0.506 e. The Hall–Kier alpha value is -3.33. The van der Waals surface area contributed by atoms with E-state index in [1.807, 2.05) is 0 Å². The SMILES string of the molecule is CCCCc1nc(O)c(-c2nnc(CNC)o2)c(O)c1-c1c(OC)cccc1OC. The van der Waals surface area contributed by atoms with Crippen molar-refractivity contribution in [1.82, 2.24) is 20.5 Å². The zero-order chi connectivity index (χ0) is 21.7. The van der Waals surface area contributed by atoms with E-state index in [1.165, 1.54) is 14.2 Å². The average molecular weight is 414 g/mol. The summed E-state index contributed by atoms with van der Waals surface area (Å²) in [6.07, 6.45) is 2.29. The molecule has 0 aliphatic rings. The van der Waals surface area contributed by atoms with E-state index in [1.54, 1.807) is 25.2 Å². The summed E-state index contributed by atoms with van der Waals surface area (Å²) in [6, 6.07) is 5.33. The van der Waals surface area contributed by atoms with E-state index in [9.17, 15) is 10.2 Å². The van der Waals surface area contributed by atoms with Crippen LogP contribution in [0.2, 0.25) is 0 Å². The van der Waals surface area contributed by atoms with Gasteiger partial charge in [-0.05, 0) is 32.0 Å². The Balaban J connectivity index is 2.30. The molecule has 0 bridgehead atoms. The third-order valence-corrected chi connectivity index (χ3v) is 4.68. The van der Waals surface area contributed by atoms with Crippen LogP contribution >= 0.6 is 0 Å². The van der Waals surface area contributed by atoms with E-state index < -0.39 is 0 Å². The van der Waals surface area contributed by atoms with E-state index in [0.717, 1.165) is 12.8 Å². The number of rotatable bonds is 9. The molecule has 0 radical (unpaired) electrons. The number of hydrogen-bond donors (Lipinski definition) is 3. The van der Waals surface area contributed by atoms with E-state index >= 15 is 0 Å². The van der Waals surface area contributed by atoms with E-state index in [-0.39, 0.29) is 23.1 Å². The number of aryl methyl sites for hydroxylation is 1. The molecule has 9 nitrogen and oxygen atoms in total. The Labute approximate surface area is 174 Å². The summed E-state index contributed by atoms with van der Waals surface area (Å²) in [5, 5.41) is 32.7. The number of ether oxygens (including phenoxy) is 2. The fraction of sp³-hybridized carbons (Fsp3) is 0.381. The second-order valence-electron chi connectivity index (χ2n) is 6.65. The molecule has 30 heavy (non-hydrogen) atoms. The van der Waals surface area contributed by atoms with Gasteiger partial charge in [-0.2, -0.15) is 0 Å². The zero-order valence-electron chi connectivity index (χ0n) is 17.5. The van der Waals surface area contributed by atoms with Gasteiger partial charge in [0.25, 0.3) is 5.89 Å². The van der Waals surface area contributed by atoms with Crippen LogP contribution in [-0.2, 0) is 13.0 Å². The van der Waals surface area contributed by atoms with Crippen LogP contribution in [0.3, 0.4) is 0 Å². The minimum atomic E-state index is -0.379. The molecule has 3 rings (SSSR count). The maximum absolute atomic E-state index is 11.3. The lowest BCUT2D eigenvalue weighted by Gasteiger charge is -2.18. The standard InChI is InChI=1S/C21H26N4O5/c1-5-6-8-12-16(17-13(28-3)9-7-10-14(17)29-4)19(26)18(20(27)23-12)21-25-24-15(30-21)11-22-2/h7,9-10,22H,5-6,8,11H2,1-4H3,(H2,23,26,27). The molecule has 0 amide bonds. The quantitative estimate of drug-likeness (QED) is 0.484. The smallest absolute Gasteiger partial charge is 0.257 e. The summed E-state index contributed by atoms with van der Waals surface area (Å²) in [5.41, 5.74) is 1.43. The first kappa shape index (κ1) is 21.4. The molecule has 9 heteroatoms. The van der Waals surface area contributed by atoms with Crippen LogP contribution in [0.4, 0.5) is 0 Å². The van der Waals surface area contributed by atoms with Crippen LogP contribution in [0.25, 0.3) is 22.6 Å². The maximum atomic E-state index is 11.3. The molecule has 0 aliphatic heterocycles. The number of pyridine rings is 1. The second kappa shape index (κ2) is 9.45. The van der Waals surface area contributed by atoms with Crippen molar-refractivity contribution in [2.24, 2.45) is 0 Å². The first-order valence-corrected chi connectivity index (χ1v) is 9.69. The van der Waals surface area contributed by atoms with Gasteiger partial charge in [-0.1, -0.05) is 19.4 Å². The monoisotopic (exact) mass is 414 g/mol. The average Bonchev–Trinajstić information content (AvgIpc) is 3.20.